The Bertz CT molecular complexity index is 523. The van der Waals surface area contributed by atoms with Crippen molar-refractivity contribution in [2.24, 2.45) is 0 Å². The first kappa shape index (κ1) is 11.3. The third kappa shape index (κ3) is 2.01. The number of anilines is 1. The van der Waals surface area contributed by atoms with Crippen molar-refractivity contribution in [1.82, 2.24) is 4.98 Å². The maximum atomic E-state index is 5.94. The Kier molecular flexibility index (Phi) is 3.08. The van der Waals surface area contributed by atoms with Crippen molar-refractivity contribution in [1.29, 1.82) is 0 Å². The van der Waals surface area contributed by atoms with E-state index in [2.05, 4.69) is 4.98 Å². The second kappa shape index (κ2) is 4.36. The van der Waals surface area contributed by atoms with Crippen LogP contribution in [0.4, 0.5) is 6.01 Å². The van der Waals surface area contributed by atoms with Crippen LogP contribution in [0.5, 0.6) is 0 Å². The lowest BCUT2D eigenvalue weighted by Crippen LogP contribution is -1.86. The van der Waals surface area contributed by atoms with Gasteiger partial charge >= 0.3 is 0 Å². The van der Waals surface area contributed by atoms with Crippen LogP contribution < -0.4 is 5.73 Å². The van der Waals surface area contributed by atoms with E-state index >= 15 is 0 Å². The molecule has 1 aromatic heterocycles. The molecule has 0 amide bonds. The van der Waals surface area contributed by atoms with Gasteiger partial charge in [-0.1, -0.05) is 30.1 Å². The molecule has 2 aromatic rings. The van der Waals surface area contributed by atoms with Crippen LogP contribution in [0.1, 0.15) is 12.6 Å². The number of nitrogens with zero attached hydrogens (tertiary/aromatic N) is 1. The van der Waals surface area contributed by atoms with Gasteiger partial charge in [-0.3, -0.25) is 0 Å². The fourth-order valence-electron chi connectivity index (χ4n) is 1.47. The van der Waals surface area contributed by atoms with Crippen molar-refractivity contribution in [3.63, 3.8) is 0 Å². The molecule has 84 valence electrons. The number of halogens is 2. The summed E-state index contributed by atoms with van der Waals surface area (Å²) in [4.78, 5) is 4.09. The molecule has 16 heavy (non-hydrogen) atoms. The molecular weight excluding hydrogens is 247 g/mol. The Balaban J connectivity index is 2.53. The summed E-state index contributed by atoms with van der Waals surface area (Å²) in [6, 6.07) is 5.45. The Morgan fingerprint density at radius 1 is 1.31 bits per heavy atom. The fraction of sp³-hybridized carbons (Fsp3) is 0.182. The average Bonchev–Trinajstić information content (AvgIpc) is 2.63. The van der Waals surface area contributed by atoms with Crippen molar-refractivity contribution >= 4 is 29.2 Å². The van der Waals surface area contributed by atoms with E-state index in [0.717, 1.165) is 17.7 Å². The fourth-order valence-corrected chi connectivity index (χ4v) is 1.77. The highest BCUT2D eigenvalue weighted by Gasteiger charge is 2.13. The molecule has 5 heteroatoms. The number of nitrogens with two attached hydrogens (primary N) is 1. The predicted molar refractivity (Wildman–Crippen MR) is 65.7 cm³/mol. The number of hydrogen-bond acceptors (Lipinski definition) is 3. The Morgan fingerprint density at radius 2 is 2.06 bits per heavy atom. The van der Waals surface area contributed by atoms with E-state index in [9.17, 15) is 0 Å². The highest BCUT2D eigenvalue weighted by molar-refractivity contribution is 6.42. The molecule has 0 atom stereocenters. The van der Waals surface area contributed by atoms with Gasteiger partial charge in [-0.2, -0.15) is 4.98 Å². The number of aryl methyl sites for hydroxylation is 1. The zero-order valence-electron chi connectivity index (χ0n) is 8.63. The minimum absolute atomic E-state index is 0.165. The van der Waals surface area contributed by atoms with E-state index in [-0.39, 0.29) is 6.01 Å². The Labute approximate surface area is 103 Å². The molecule has 2 rings (SSSR count). The van der Waals surface area contributed by atoms with Crippen molar-refractivity contribution < 1.29 is 4.42 Å². The molecule has 0 aliphatic heterocycles. The van der Waals surface area contributed by atoms with Crippen LogP contribution in [0.2, 0.25) is 10.0 Å². The summed E-state index contributed by atoms with van der Waals surface area (Å²) in [5, 5.41) is 0.993. The van der Waals surface area contributed by atoms with Gasteiger partial charge in [-0.25, -0.2) is 0 Å². The summed E-state index contributed by atoms with van der Waals surface area (Å²) in [5.41, 5.74) is 7.17. The van der Waals surface area contributed by atoms with Gasteiger partial charge < -0.3 is 10.2 Å². The van der Waals surface area contributed by atoms with Crippen molar-refractivity contribution in [2.45, 2.75) is 13.3 Å². The molecule has 3 nitrogen and oxygen atoms in total. The molecule has 1 aromatic carbocycles. The molecular formula is C11H10Cl2N2O. The molecule has 0 bridgehead atoms. The molecule has 0 spiro atoms. The largest absolute Gasteiger partial charge is 0.423 e. The Morgan fingerprint density at radius 3 is 2.69 bits per heavy atom. The van der Waals surface area contributed by atoms with Gasteiger partial charge in [0.2, 0.25) is 0 Å². The molecule has 0 fully saturated rings. The monoisotopic (exact) mass is 256 g/mol. The SMILES string of the molecule is CCc1nc(N)oc1-c1ccc(Cl)c(Cl)c1. The van der Waals surface area contributed by atoms with Crippen molar-refractivity contribution in [2.75, 3.05) is 5.73 Å². The van der Waals surface area contributed by atoms with Gasteiger partial charge in [-0.15, -0.1) is 0 Å². The topological polar surface area (TPSA) is 52.0 Å². The van der Waals surface area contributed by atoms with Crippen molar-refractivity contribution in [3.8, 4) is 11.3 Å². The second-order valence-corrected chi connectivity index (χ2v) is 4.12. The zero-order chi connectivity index (χ0) is 11.7. The molecule has 0 aliphatic rings. The molecule has 1 heterocycles. The summed E-state index contributed by atoms with van der Waals surface area (Å²) in [6.45, 7) is 1.98. The van der Waals surface area contributed by atoms with Gasteiger partial charge in [0.15, 0.2) is 5.76 Å². The zero-order valence-corrected chi connectivity index (χ0v) is 10.1. The number of aromatic nitrogens is 1. The van der Waals surface area contributed by atoms with E-state index in [1.807, 2.05) is 13.0 Å². The Hall–Kier alpha value is -1.19. The lowest BCUT2D eigenvalue weighted by atomic mass is 10.1. The summed E-state index contributed by atoms with van der Waals surface area (Å²) in [6.07, 6.45) is 0.746. The van der Waals surface area contributed by atoms with E-state index in [0.29, 0.717) is 15.8 Å². The smallest absolute Gasteiger partial charge is 0.292 e. The van der Waals surface area contributed by atoms with Gasteiger partial charge in [0, 0.05) is 5.56 Å². The number of rotatable bonds is 2. The quantitative estimate of drug-likeness (QED) is 0.890. The number of nitrogen functional groups attached to an aromatic ring is 1. The number of benzene rings is 1. The van der Waals surface area contributed by atoms with Gasteiger partial charge in [0.05, 0.1) is 15.7 Å². The standard InChI is InChI=1S/C11H10Cl2N2O/c1-2-9-10(16-11(14)15-9)6-3-4-7(12)8(13)5-6/h3-5H,2H2,1H3,(H2,14,15). The number of oxazole rings is 1. The first-order valence-corrected chi connectivity index (χ1v) is 5.58. The van der Waals surface area contributed by atoms with Crippen LogP contribution in [-0.2, 0) is 6.42 Å². The van der Waals surface area contributed by atoms with E-state index in [4.69, 9.17) is 33.4 Å². The first-order chi connectivity index (χ1) is 7.61. The maximum Gasteiger partial charge on any atom is 0.292 e. The predicted octanol–water partition coefficient (Wildman–Crippen LogP) is 3.79. The lowest BCUT2D eigenvalue weighted by Gasteiger charge is -2.01. The van der Waals surface area contributed by atoms with E-state index in [1.165, 1.54) is 0 Å². The summed E-state index contributed by atoms with van der Waals surface area (Å²) in [5.74, 6) is 0.651. The average molecular weight is 257 g/mol. The summed E-state index contributed by atoms with van der Waals surface area (Å²) < 4.78 is 5.35. The van der Waals surface area contributed by atoms with Gasteiger partial charge in [0.1, 0.15) is 0 Å². The van der Waals surface area contributed by atoms with Crippen LogP contribution in [0.15, 0.2) is 22.6 Å². The van der Waals surface area contributed by atoms with Crippen LogP contribution in [0, 0.1) is 0 Å². The summed E-state index contributed by atoms with van der Waals surface area (Å²) >= 11 is 11.8. The van der Waals surface area contributed by atoms with Crippen LogP contribution in [0.3, 0.4) is 0 Å². The molecule has 0 unspecified atom stereocenters. The molecule has 2 N–H and O–H groups in total. The van der Waals surface area contributed by atoms with Crippen LogP contribution in [0.25, 0.3) is 11.3 Å². The third-order valence-corrected chi connectivity index (χ3v) is 2.97. The highest BCUT2D eigenvalue weighted by atomic mass is 35.5. The summed E-state index contributed by atoms with van der Waals surface area (Å²) in [7, 11) is 0. The van der Waals surface area contributed by atoms with Gasteiger partial charge in [0.25, 0.3) is 6.01 Å². The third-order valence-electron chi connectivity index (χ3n) is 2.23. The first-order valence-electron chi connectivity index (χ1n) is 4.82. The number of hydrogen-bond donors (Lipinski definition) is 1. The minimum atomic E-state index is 0.165. The molecule has 0 aliphatic carbocycles. The molecule has 0 saturated heterocycles. The van der Waals surface area contributed by atoms with Crippen LogP contribution in [-0.4, -0.2) is 4.98 Å². The maximum absolute atomic E-state index is 5.94. The van der Waals surface area contributed by atoms with E-state index in [1.54, 1.807) is 12.1 Å². The van der Waals surface area contributed by atoms with E-state index < -0.39 is 0 Å². The highest BCUT2D eigenvalue weighted by Crippen LogP contribution is 2.31. The molecule has 0 radical (unpaired) electrons. The van der Waals surface area contributed by atoms with Crippen molar-refractivity contribution in [3.05, 3.63) is 33.9 Å². The second-order valence-electron chi connectivity index (χ2n) is 3.31. The normalized spacial score (nSPS) is 10.7. The lowest BCUT2D eigenvalue weighted by molar-refractivity contribution is 0.593. The molecule has 0 saturated carbocycles. The minimum Gasteiger partial charge on any atom is -0.423 e. The van der Waals surface area contributed by atoms with Crippen LogP contribution >= 0.6 is 23.2 Å². The van der Waals surface area contributed by atoms with Gasteiger partial charge in [-0.05, 0) is 24.6 Å².